The molecule has 2 unspecified atom stereocenters. The highest BCUT2D eigenvalue weighted by molar-refractivity contribution is 5.97. The zero-order chi connectivity index (χ0) is 26.8. The molecule has 1 aliphatic rings. The summed E-state index contributed by atoms with van der Waals surface area (Å²) < 4.78 is 16.7. The minimum atomic E-state index is -1.40. The van der Waals surface area contributed by atoms with Crippen LogP contribution in [-0.2, 0) is 11.1 Å². The van der Waals surface area contributed by atoms with E-state index in [0.717, 1.165) is 16.7 Å². The Hall–Kier alpha value is -3.46. The first kappa shape index (κ1) is 26.6. The van der Waals surface area contributed by atoms with Crippen molar-refractivity contribution in [3.63, 3.8) is 0 Å². The second-order valence-electron chi connectivity index (χ2n) is 9.97. The molecule has 0 radical (unpaired) electrons. The Morgan fingerprint density at radius 1 is 1.19 bits per heavy atom. The minimum absolute atomic E-state index is 0.0641. The van der Waals surface area contributed by atoms with E-state index in [1.807, 2.05) is 38.1 Å². The lowest BCUT2D eigenvalue weighted by Gasteiger charge is -2.25. The van der Waals surface area contributed by atoms with Gasteiger partial charge in [0.1, 0.15) is 36.0 Å². The molecule has 0 amide bonds. The Morgan fingerprint density at radius 3 is 2.57 bits per heavy atom. The number of hydrogen-bond acceptors (Lipinski definition) is 8. The summed E-state index contributed by atoms with van der Waals surface area (Å²) in [6.07, 6.45) is 0.200. The van der Waals surface area contributed by atoms with Crippen LogP contribution in [0.3, 0.4) is 0 Å². The molecule has 2 atom stereocenters. The van der Waals surface area contributed by atoms with Gasteiger partial charge in [-0.1, -0.05) is 29.8 Å². The molecule has 0 aliphatic carbocycles. The van der Waals surface area contributed by atoms with E-state index in [-0.39, 0.29) is 31.8 Å². The molecule has 4 N–H and O–H groups in total. The number of methoxy groups -OCH3 is 1. The van der Waals surface area contributed by atoms with Crippen LogP contribution in [-0.4, -0.2) is 47.9 Å². The number of nitrogens with zero attached hydrogens (tertiary/aromatic N) is 1. The predicted molar refractivity (Wildman–Crippen MR) is 140 cm³/mol. The first-order valence-corrected chi connectivity index (χ1v) is 12.3. The minimum Gasteiger partial charge on any atom is -0.497 e. The zero-order valence-corrected chi connectivity index (χ0v) is 21.7. The summed E-state index contributed by atoms with van der Waals surface area (Å²) in [5.41, 5.74) is 8.58. The molecule has 3 aromatic rings. The molecule has 0 saturated heterocycles. The smallest absolute Gasteiger partial charge is 0.163 e. The van der Waals surface area contributed by atoms with Crippen molar-refractivity contribution in [1.82, 2.24) is 4.98 Å². The normalized spacial score (nSPS) is 18.0. The van der Waals surface area contributed by atoms with Gasteiger partial charge in [-0.05, 0) is 45.4 Å². The van der Waals surface area contributed by atoms with Crippen molar-refractivity contribution >= 4 is 5.78 Å². The first-order chi connectivity index (χ1) is 17.5. The number of nitrogens with two attached hydrogens (primary N) is 1. The topological polar surface area (TPSA) is 124 Å². The highest BCUT2D eigenvalue weighted by Gasteiger charge is 2.38. The first-order valence-electron chi connectivity index (χ1n) is 12.3. The number of pyridine rings is 1. The van der Waals surface area contributed by atoms with E-state index in [4.69, 9.17) is 30.0 Å². The number of carbonyl (C=O) groups is 1. The van der Waals surface area contributed by atoms with Gasteiger partial charge in [-0.3, -0.25) is 4.79 Å². The summed E-state index contributed by atoms with van der Waals surface area (Å²) in [5.74, 6) is 1.33. The summed E-state index contributed by atoms with van der Waals surface area (Å²) in [5, 5.41) is 20.5. The third-order valence-electron chi connectivity index (χ3n) is 6.62. The van der Waals surface area contributed by atoms with Gasteiger partial charge >= 0.3 is 0 Å². The Bertz CT molecular complexity index is 1280. The molecule has 8 nitrogen and oxygen atoms in total. The summed E-state index contributed by atoms with van der Waals surface area (Å²) in [4.78, 5) is 17.9. The molecule has 2 aromatic carbocycles. The number of aryl methyl sites for hydroxylation is 1. The molecule has 0 saturated carbocycles. The summed E-state index contributed by atoms with van der Waals surface area (Å²) in [7, 11) is 1.50. The second kappa shape index (κ2) is 10.5. The van der Waals surface area contributed by atoms with Gasteiger partial charge in [-0.2, -0.15) is 0 Å². The Balaban J connectivity index is 1.62. The standard InChI is InChI=1S/C29H34N2O6/c1-18-5-7-19(8-6-18)26-27-23(28(2,30)17-37-27)16-25(31-26)29(3,34)10-9-24(33)20-13-21(35-4)15-22(14-20)36-12-11-32/h5-8,13-16,32,34H,9-12,17,30H2,1-4H3. The molecule has 0 fully saturated rings. The predicted octanol–water partition coefficient (Wildman–Crippen LogP) is 3.87. The third kappa shape index (κ3) is 5.77. The lowest BCUT2D eigenvalue weighted by molar-refractivity contribution is 0.0396. The third-order valence-corrected chi connectivity index (χ3v) is 6.62. The van der Waals surface area contributed by atoms with Gasteiger partial charge in [0.25, 0.3) is 0 Å². The number of rotatable bonds is 10. The van der Waals surface area contributed by atoms with E-state index in [1.165, 1.54) is 7.11 Å². The van der Waals surface area contributed by atoms with Crippen molar-refractivity contribution in [2.75, 3.05) is 26.9 Å². The van der Waals surface area contributed by atoms with E-state index >= 15 is 0 Å². The maximum atomic E-state index is 13.1. The molecular formula is C29H34N2O6. The maximum Gasteiger partial charge on any atom is 0.163 e. The molecule has 37 heavy (non-hydrogen) atoms. The number of fused-ring (bicyclic) bond motifs is 1. The number of Topliss-reactive ketones (excluding diaryl/α,β-unsaturated/α-hetero) is 1. The van der Waals surface area contributed by atoms with Gasteiger partial charge in [0, 0.05) is 29.2 Å². The molecule has 1 aromatic heterocycles. The SMILES string of the molecule is COc1cc(OCCO)cc(C(=O)CCC(C)(O)c2cc3c(c(-c4ccc(C)cc4)n2)OCC3(C)N)c1. The number of carbonyl (C=O) groups excluding carboxylic acids is 1. The molecule has 0 bridgehead atoms. The lowest BCUT2D eigenvalue weighted by atomic mass is 9.88. The fourth-order valence-electron chi connectivity index (χ4n) is 4.31. The number of benzene rings is 2. The van der Waals surface area contributed by atoms with Crippen LogP contribution in [0.5, 0.6) is 17.2 Å². The molecule has 2 heterocycles. The quantitative estimate of drug-likeness (QED) is 0.354. The van der Waals surface area contributed by atoms with Gasteiger partial charge in [0.2, 0.25) is 0 Å². The fraction of sp³-hybridized carbons (Fsp3) is 0.379. The Labute approximate surface area is 217 Å². The highest BCUT2D eigenvalue weighted by Crippen LogP contribution is 2.44. The van der Waals surface area contributed by atoms with Gasteiger partial charge in [0.05, 0.1) is 24.9 Å². The Kier molecular flexibility index (Phi) is 7.54. The molecule has 1 aliphatic heterocycles. The number of aromatic nitrogens is 1. The lowest BCUT2D eigenvalue weighted by Crippen LogP contribution is -2.35. The van der Waals surface area contributed by atoms with Gasteiger partial charge in [0.15, 0.2) is 11.5 Å². The highest BCUT2D eigenvalue weighted by atomic mass is 16.5. The second-order valence-corrected chi connectivity index (χ2v) is 9.97. The number of aliphatic hydroxyl groups excluding tert-OH is 1. The molecule has 8 heteroatoms. The van der Waals surface area contributed by atoms with Crippen LogP contribution in [0.15, 0.2) is 48.5 Å². The summed E-state index contributed by atoms with van der Waals surface area (Å²) in [6.45, 7) is 5.82. The van der Waals surface area contributed by atoms with Crippen molar-refractivity contribution in [3.8, 4) is 28.5 Å². The van der Waals surface area contributed by atoms with Crippen molar-refractivity contribution in [2.45, 2.75) is 44.8 Å². The van der Waals surface area contributed by atoms with E-state index in [1.54, 1.807) is 31.2 Å². The number of ketones is 1. The monoisotopic (exact) mass is 506 g/mol. The van der Waals surface area contributed by atoms with Crippen molar-refractivity contribution in [1.29, 1.82) is 0 Å². The van der Waals surface area contributed by atoms with E-state index in [0.29, 0.717) is 40.8 Å². The molecule has 0 spiro atoms. The van der Waals surface area contributed by atoms with Crippen molar-refractivity contribution in [2.24, 2.45) is 5.73 Å². The number of hydrogen-bond donors (Lipinski definition) is 3. The summed E-state index contributed by atoms with van der Waals surface area (Å²) in [6, 6.07) is 14.6. The van der Waals surface area contributed by atoms with E-state index in [2.05, 4.69) is 0 Å². The van der Waals surface area contributed by atoms with Crippen LogP contribution in [0.4, 0.5) is 0 Å². The number of aliphatic hydroxyl groups is 2. The average Bonchev–Trinajstić information content (AvgIpc) is 3.20. The van der Waals surface area contributed by atoms with Gasteiger partial charge in [-0.25, -0.2) is 4.98 Å². The maximum absolute atomic E-state index is 13.1. The van der Waals surface area contributed by atoms with E-state index in [9.17, 15) is 9.90 Å². The van der Waals surface area contributed by atoms with Crippen LogP contribution >= 0.6 is 0 Å². The molecular weight excluding hydrogens is 472 g/mol. The molecule has 196 valence electrons. The summed E-state index contributed by atoms with van der Waals surface area (Å²) >= 11 is 0. The van der Waals surface area contributed by atoms with Crippen LogP contribution < -0.4 is 19.9 Å². The van der Waals surface area contributed by atoms with Gasteiger partial charge in [-0.15, -0.1) is 0 Å². The van der Waals surface area contributed by atoms with Crippen molar-refractivity contribution in [3.05, 3.63) is 70.9 Å². The van der Waals surface area contributed by atoms with Crippen molar-refractivity contribution < 1.29 is 29.2 Å². The Morgan fingerprint density at radius 2 is 1.89 bits per heavy atom. The fourth-order valence-corrected chi connectivity index (χ4v) is 4.31. The van der Waals surface area contributed by atoms with Gasteiger partial charge < -0.3 is 30.2 Å². The van der Waals surface area contributed by atoms with Crippen LogP contribution in [0.1, 0.15) is 53.9 Å². The van der Waals surface area contributed by atoms with E-state index < -0.39 is 11.1 Å². The van der Waals surface area contributed by atoms with Crippen LogP contribution in [0.25, 0.3) is 11.3 Å². The average molecular weight is 507 g/mol. The van der Waals surface area contributed by atoms with Crippen LogP contribution in [0, 0.1) is 6.92 Å². The number of ether oxygens (including phenoxy) is 3. The molecule has 4 rings (SSSR count). The van der Waals surface area contributed by atoms with Crippen LogP contribution in [0.2, 0.25) is 0 Å². The zero-order valence-electron chi connectivity index (χ0n) is 21.7. The largest absolute Gasteiger partial charge is 0.497 e.